The number of carbonyl (C=O) groups is 1. The first-order valence-electron chi connectivity index (χ1n) is 7.65. The molecule has 0 spiro atoms. The van der Waals surface area contributed by atoms with E-state index in [1.165, 1.54) is 6.42 Å². The lowest BCUT2D eigenvalue weighted by molar-refractivity contribution is 0.0736. The van der Waals surface area contributed by atoms with Crippen LogP contribution < -0.4 is 0 Å². The van der Waals surface area contributed by atoms with Crippen LogP contribution >= 0.6 is 15.9 Å². The van der Waals surface area contributed by atoms with Gasteiger partial charge in [-0.05, 0) is 31.4 Å². The Labute approximate surface area is 139 Å². The van der Waals surface area contributed by atoms with Gasteiger partial charge in [-0.2, -0.15) is 0 Å². The Hall–Kier alpha value is -1.62. The molecule has 0 unspecified atom stereocenters. The van der Waals surface area contributed by atoms with Crippen LogP contribution in [0.1, 0.15) is 47.7 Å². The van der Waals surface area contributed by atoms with Crippen molar-refractivity contribution in [3.8, 4) is 0 Å². The highest BCUT2D eigenvalue weighted by molar-refractivity contribution is 9.10. The van der Waals surface area contributed by atoms with Crippen molar-refractivity contribution in [2.45, 2.75) is 38.8 Å². The van der Waals surface area contributed by atoms with Gasteiger partial charge in [0.05, 0.1) is 6.04 Å². The zero-order chi connectivity index (χ0) is 15.7. The molecule has 116 valence electrons. The summed E-state index contributed by atoms with van der Waals surface area (Å²) >= 11 is 3.56. The average Bonchev–Trinajstić information content (AvgIpc) is 2.97. The van der Waals surface area contributed by atoms with E-state index in [1.54, 1.807) is 4.90 Å². The molecule has 0 fully saturated rings. The van der Waals surface area contributed by atoms with Gasteiger partial charge in [-0.1, -0.05) is 34.1 Å². The van der Waals surface area contributed by atoms with Gasteiger partial charge in [-0.3, -0.25) is 4.79 Å². The Morgan fingerprint density at radius 2 is 2.14 bits per heavy atom. The smallest absolute Gasteiger partial charge is 0.274 e. The minimum atomic E-state index is -0.0230. The van der Waals surface area contributed by atoms with Gasteiger partial charge in [0.2, 0.25) is 0 Å². The average molecular weight is 362 g/mol. The fourth-order valence-electron chi connectivity index (χ4n) is 2.89. The number of imidazole rings is 1. The van der Waals surface area contributed by atoms with E-state index >= 15 is 0 Å². The fraction of sp³-hybridized carbons (Fsp3) is 0.412. The Bertz CT molecular complexity index is 671. The molecule has 1 aliphatic heterocycles. The first kappa shape index (κ1) is 15.3. The molecule has 1 atom stereocenters. The molecule has 0 saturated carbocycles. The molecule has 3 rings (SSSR count). The predicted octanol–water partition coefficient (Wildman–Crippen LogP) is 3.82. The third-order valence-electron chi connectivity index (χ3n) is 4.38. The molecule has 0 N–H and O–H groups in total. The summed E-state index contributed by atoms with van der Waals surface area (Å²) in [4.78, 5) is 19.0. The van der Waals surface area contributed by atoms with Gasteiger partial charge >= 0.3 is 0 Å². The van der Waals surface area contributed by atoms with E-state index in [9.17, 15) is 4.79 Å². The molecule has 22 heavy (non-hydrogen) atoms. The number of fused-ring (bicyclic) bond motifs is 1. The molecular weight excluding hydrogens is 342 g/mol. The second-order valence-corrected chi connectivity index (χ2v) is 6.66. The minimum absolute atomic E-state index is 0.0122. The molecule has 1 aliphatic rings. The summed E-state index contributed by atoms with van der Waals surface area (Å²) in [5.74, 6) is 1.02. The van der Waals surface area contributed by atoms with Crippen LogP contribution in [0.4, 0.5) is 0 Å². The first-order valence-corrected chi connectivity index (χ1v) is 8.45. The van der Waals surface area contributed by atoms with Crippen molar-refractivity contribution >= 4 is 21.8 Å². The number of rotatable bonds is 3. The van der Waals surface area contributed by atoms with Gasteiger partial charge in [0, 0.05) is 30.7 Å². The quantitative estimate of drug-likeness (QED) is 0.833. The maximum Gasteiger partial charge on any atom is 0.274 e. The molecule has 0 radical (unpaired) electrons. The topological polar surface area (TPSA) is 38.1 Å². The molecule has 5 heteroatoms. The SMILES string of the molecule is C[C@@H](c1ccccc1Br)N(C)C(=O)c1cn2c(n1)CCCC2. The number of halogens is 1. The van der Waals surface area contributed by atoms with Gasteiger partial charge in [-0.25, -0.2) is 4.98 Å². The number of benzene rings is 1. The standard InChI is InChI=1S/C17H20BrN3O/c1-12(13-7-3-4-8-14(13)18)20(2)17(22)15-11-21-10-6-5-9-16(21)19-15/h3-4,7-8,11-12H,5-6,9-10H2,1-2H3/t12-/m0/s1. The van der Waals surface area contributed by atoms with Crippen molar-refractivity contribution in [1.82, 2.24) is 14.5 Å². The third-order valence-corrected chi connectivity index (χ3v) is 5.11. The number of hydrogen-bond acceptors (Lipinski definition) is 2. The molecule has 0 saturated heterocycles. The number of nitrogens with zero attached hydrogens (tertiary/aromatic N) is 3. The Morgan fingerprint density at radius 3 is 2.86 bits per heavy atom. The Kier molecular flexibility index (Phi) is 4.34. The normalized spacial score (nSPS) is 15.2. The maximum absolute atomic E-state index is 12.7. The van der Waals surface area contributed by atoms with E-state index in [0.29, 0.717) is 5.69 Å². The summed E-state index contributed by atoms with van der Waals surface area (Å²) in [6.45, 7) is 3.01. The van der Waals surface area contributed by atoms with Crippen molar-refractivity contribution in [3.05, 3.63) is 52.0 Å². The molecular formula is C17H20BrN3O. The predicted molar refractivity (Wildman–Crippen MR) is 89.8 cm³/mol. The summed E-state index contributed by atoms with van der Waals surface area (Å²) in [5.41, 5.74) is 1.65. The zero-order valence-corrected chi connectivity index (χ0v) is 14.5. The lowest BCUT2D eigenvalue weighted by Gasteiger charge is -2.25. The Balaban J connectivity index is 1.82. The van der Waals surface area contributed by atoms with E-state index in [4.69, 9.17) is 0 Å². The van der Waals surface area contributed by atoms with Crippen LogP contribution in [0, 0.1) is 0 Å². The highest BCUT2D eigenvalue weighted by Gasteiger charge is 2.24. The van der Waals surface area contributed by atoms with Crippen LogP contribution in [-0.2, 0) is 13.0 Å². The van der Waals surface area contributed by atoms with Crippen LogP contribution in [0.3, 0.4) is 0 Å². The van der Waals surface area contributed by atoms with Crippen molar-refractivity contribution in [2.75, 3.05) is 7.05 Å². The van der Waals surface area contributed by atoms with Gasteiger partial charge in [-0.15, -0.1) is 0 Å². The number of aromatic nitrogens is 2. The lowest BCUT2D eigenvalue weighted by atomic mass is 10.1. The fourth-order valence-corrected chi connectivity index (χ4v) is 3.51. The lowest BCUT2D eigenvalue weighted by Crippen LogP contribution is -2.30. The number of aryl methyl sites for hydroxylation is 2. The van der Waals surface area contributed by atoms with E-state index < -0.39 is 0 Å². The summed E-state index contributed by atoms with van der Waals surface area (Å²) in [6, 6.07) is 7.99. The molecule has 0 aliphatic carbocycles. The Morgan fingerprint density at radius 1 is 1.36 bits per heavy atom. The molecule has 0 bridgehead atoms. The van der Waals surface area contributed by atoms with E-state index in [2.05, 4.69) is 25.5 Å². The summed E-state index contributed by atoms with van der Waals surface area (Å²) in [6.07, 6.45) is 5.20. The zero-order valence-electron chi connectivity index (χ0n) is 12.9. The van der Waals surface area contributed by atoms with Crippen molar-refractivity contribution < 1.29 is 4.79 Å². The van der Waals surface area contributed by atoms with Gasteiger partial charge in [0.1, 0.15) is 11.5 Å². The van der Waals surface area contributed by atoms with Crippen LogP contribution in [0.2, 0.25) is 0 Å². The highest BCUT2D eigenvalue weighted by atomic mass is 79.9. The second kappa shape index (κ2) is 6.24. The largest absolute Gasteiger partial charge is 0.334 e. The summed E-state index contributed by atoms with van der Waals surface area (Å²) in [5, 5.41) is 0. The summed E-state index contributed by atoms with van der Waals surface area (Å²) < 4.78 is 3.14. The van der Waals surface area contributed by atoms with Crippen LogP contribution in [-0.4, -0.2) is 27.4 Å². The number of carbonyl (C=O) groups excluding carboxylic acids is 1. The molecule has 1 aromatic heterocycles. The van der Waals surface area contributed by atoms with Gasteiger partial charge < -0.3 is 9.47 Å². The van der Waals surface area contributed by atoms with Crippen LogP contribution in [0.15, 0.2) is 34.9 Å². The molecule has 1 amide bonds. The van der Waals surface area contributed by atoms with Gasteiger partial charge in [0.15, 0.2) is 0 Å². The van der Waals surface area contributed by atoms with Crippen molar-refractivity contribution in [1.29, 1.82) is 0 Å². The van der Waals surface area contributed by atoms with Crippen molar-refractivity contribution in [3.63, 3.8) is 0 Å². The van der Waals surface area contributed by atoms with Crippen molar-refractivity contribution in [2.24, 2.45) is 0 Å². The number of amides is 1. The number of hydrogen-bond donors (Lipinski definition) is 0. The molecule has 4 nitrogen and oxygen atoms in total. The minimum Gasteiger partial charge on any atom is -0.334 e. The van der Waals surface area contributed by atoms with Crippen LogP contribution in [0.5, 0.6) is 0 Å². The molecule has 2 aromatic rings. The molecule has 1 aromatic carbocycles. The summed E-state index contributed by atoms with van der Waals surface area (Å²) in [7, 11) is 1.84. The molecule has 2 heterocycles. The monoisotopic (exact) mass is 361 g/mol. The highest BCUT2D eigenvalue weighted by Crippen LogP contribution is 2.27. The first-order chi connectivity index (χ1) is 10.6. The van der Waals surface area contributed by atoms with E-state index in [-0.39, 0.29) is 11.9 Å². The second-order valence-electron chi connectivity index (χ2n) is 5.81. The third kappa shape index (κ3) is 2.82. The van der Waals surface area contributed by atoms with Gasteiger partial charge in [0.25, 0.3) is 5.91 Å². The maximum atomic E-state index is 12.7. The van der Waals surface area contributed by atoms with E-state index in [0.717, 1.165) is 35.2 Å². The van der Waals surface area contributed by atoms with E-state index in [1.807, 2.05) is 44.4 Å². The van der Waals surface area contributed by atoms with Crippen LogP contribution in [0.25, 0.3) is 0 Å².